The molecular weight excluding hydrogens is 743 g/mol. The Morgan fingerprint density at radius 3 is 1.90 bits per heavy atom. The Kier molecular flexibility index (Phi) is 6.49. The second-order valence-corrected chi connectivity index (χ2v) is 19.6. The molecule has 5 aliphatic carbocycles. The smallest absolute Gasteiger partial charge is 0.165 e. The summed E-state index contributed by atoms with van der Waals surface area (Å²) in [6, 6.07) is 51.9. The van der Waals surface area contributed by atoms with Crippen molar-refractivity contribution >= 4 is 73.8 Å². The van der Waals surface area contributed by atoms with E-state index in [4.69, 9.17) is 15.0 Å². The van der Waals surface area contributed by atoms with Crippen molar-refractivity contribution in [1.82, 2.24) is 15.0 Å². The molecule has 1 spiro atoms. The molecule has 4 saturated carbocycles. The zero-order chi connectivity index (χ0) is 37.7. The summed E-state index contributed by atoms with van der Waals surface area (Å²) < 4.78 is 5.01. The zero-order valence-electron chi connectivity index (χ0n) is 31.8. The van der Waals surface area contributed by atoms with Crippen LogP contribution < -0.4 is 0 Å². The number of thiophene rings is 2. The molecular formula is C53H37N3S2. The monoisotopic (exact) mass is 779 g/mol. The highest BCUT2D eigenvalue weighted by Gasteiger charge is 2.61. The van der Waals surface area contributed by atoms with Crippen LogP contribution in [0.2, 0.25) is 0 Å². The van der Waals surface area contributed by atoms with Gasteiger partial charge >= 0.3 is 0 Å². The summed E-state index contributed by atoms with van der Waals surface area (Å²) in [6.45, 7) is 0. The second kappa shape index (κ2) is 11.7. The van der Waals surface area contributed by atoms with Crippen molar-refractivity contribution in [3.8, 4) is 45.3 Å². The zero-order valence-corrected chi connectivity index (χ0v) is 33.4. The molecule has 7 aromatic carbocycles. The van der Waals surface area contributed by atoms with Gasteiger partial charge in [-0.05, 0) is 119 Å². The average Bonchev–Trinajstić information content (AvgIpc) is 3.93. The average molecular weight is 780 g/mol. The number of aromatic nitrogens is 3. The lowest BCUT2D eigenvalue weighted by Crippen LogP contribution is -2.55. The molecule has 4 fully saturated rings. The van der Waals surface area contributed by atoms with E-state index >= 15 is 0 Å². The normalized spacial score (nSPS) is 22.9. The predicted octanol–water partition coefficient (Wildman–Crippen LogP) is 14.5. The van der Waals surface area contributed by atoms with Crippen LogP contribution in [-0.4, -0.2) is 15.0 Å². The van der Waals surface area contributed by atoms with Gasteiger partial charge in [-0.3, -0.25) is 0 Å². The van der Waals surface area contributed by atoms with Crippen LogP contribution in [0, 0.1) is 23.7 Å². The van der Waals surface area contributed by atoms with E-state index in [1.165, 1.54) is 94.3 Å². The lowest BCUT2D eigenvalue weighted by molar-refractivity contribution is -0.0399. The van der Waals surface area contributed by atoms with Gasteiger partial charge in [-0.2, -0.15) is 0 Å². The molecule has 10 aromatic rings. The minimum atomic E-state index is 0.0859. The summed E-state index contributed by atoms with van der Waals surface area (Å²) in [7, 11) is 0. The van der Waals surface area contributed by atoms with Crippen LogP contribution in [0.15, 0.2) is 140 Å². The lowest BCUT2D eigenvalue weighted by atomic mass is 9.43. The lowest BCUT2D eigenvalue weighted by Gasteiger charge is -2.61. The van der Waals surface area contributed by atoms with E-state index in [0.29, 0.717) is 11.8 Å². The van der Waals surface area contributed by atoms with Crippen LogP contribution in [-0.2, 0) is 5.41 Å². The Hall–Kier alpha value is -5.75. The molecule has 0 atom stereocenters. The Balaban J connectivity index is 1.04. The Labute approximate surface area is 344 Å². The van der Waals surface area contributed by atoms with Gasteiger partial charge in [0, 0.05) is 62.4 Å². The molecule has 0 unspecified atom stereocenters. The summed E-state index contributed by atoms with van der Waals surface area (Å²) in [6.07, 6.45) is 6.92. The van der Waals surface area contributed by atoms with Crippen molar-refractivity contribution < 1.29 is 0 Å². The van der Waals surface area contributed by atoms with E-state index in [1.54, 1.807) is 11.1 Å². The van der Waals surface area contributed by atoms with E-state index < -0.39 is 0 Å². The number of benzene rings is 7. The van der Waals surface area contributed by atoms with E-state index in [0.717, 1.165) is 46.0 Å². The van der Waals surface area contributed by atoms with Crippen molar-refractivity contribution in [3.05, 3.63) is 151 Å². The highest BCUT2D eigenvalue weighted by molar-refractivity contribution is 7.26. The summed E-state index contributed by atoms with van der Waals surface area (Å²) >= 11 is 3.66. The molecule has 4 bridgehead atoms. The Bertz CT molecular complexity index is 3360. The maximum atomic E-state index is 5.47. The number of fused-ring (bicyclic) bond motifs is 11. The maximum absolute atomic E-state index is 5.47. The minimum absolute atomic E-state index is 0.0859. The summed E-state index contributed by atoms with van der Waals surface area (Å²) in [5.41, 5.74) is 9.20. The van der Waals surface area contributed by atoms with Crippen LogP contribution in [0.3, 0.4) is 0 Å². The first kappa shape index (κ1) is 32.2. The molecule has 15 rings (SSSR count). The van der Waals surface area contributed by atoms with Gasteiger partial charge < -0.3 is 0 Å². The standard InChI is InChI=1S/C53H37N3S2/c1-2-10-35-31(9-1)19-22-43-47(35)41-28-32(20-21-42(41)53(43)33-24-29-23-30(26-33)27-34(53)25-29)50-54-51(39-14-8-18-46-48(39)38-12-4-6-17-45(38)57-46)56-52(55-50)40-15-7-13-37-36-11-3-5-16-44(36)58-49(37)40/h1-22,28-30,33-34H,23-27H2. The molecule has 5 heteroatoms. The largest absolute Gasteiger partial charge is 0.208 e. The van der Waals surface area contributed by atoms with Gasteiger partial charge in [0.15, 0.2) is 17.5 Å². The predicted molar refractivity (Wildman–Crippen MR) is 243 cm³/mol. The van der Waals surface area contributed by atoms with Gasteiger partial charge in [0.1, 0.15) is 0 Å². The third kappa shape index (κ3) is 4.25. The first-order valence-electron chi connectivity index (χ1n) is 20.9. The molecule has 58 heavy (non-hydrogen) atoms. The molecule has 276 valence electrons. The first-order chi connectivity index (χ1) is 28.7. The molecule has 0 aliphatic heterocycles. The molecule has 0 amide bonds. The fraction of sp³-hybridized carbons (Fsp3) is 0.189. The Morgan fingerprint density at radius 1 is 0.448 bits per heavy atom. The van der Waals surface area contributed by atoms with Crippen LogP contribution in [0.4, 0.5) is 0 Å². The second-order valence-electron chi connectivity index (χ2n) is 17.5. The van der Waals surface area contributed by atoms with Crippen molar-refractivity contribution in [1.29, 1.82) is 0 Å². The quantitative estimate of drug-likeness (QED) is 0.179. The van der Waals surface area contributed by atoms with E-state index in [9.17, 15) is 0 Å². The molecule has 5 aliphatic rings. The molecule has 3 nitrogen and oxygen atoms in total. The van der Waals surface area contributed by atoms with Gasteiger partial charge in [-0.25, -0.2) is 15.0 Å². The number of rotatable bonds is 3. The van der Waals surface area contributed by atoms with Gasteiger partial charge in [-0.1, -0.05) is 109 Å². The van der Waals surface area contributed by atoms with Crippen molar-refractivity contribution in [2.45, 2.75) is 37.5 Å². The fourth-order valence-corrected chi connectivity index (χ4v) is 15.1. The Morgan fingerprint density at radius 2 is 1.07 bits per heavy atom. The molecule has 3 heterocycles. The van der Waals surface area contributed by atoms with E-state index in [1.807, 2.05) is 22.7 Å². The first-order valence-corrected chi connectivity index (χ1v) is 22.6. The van der Waals surface area contributed by atoms with Gasteiger partial charge in [0.2, 0.25) is 0 Å². The minimum Gasteiger partial charge on any atom is -0.208 e. The van der Waals surface area contributed by atoms with Crippen molar-refractivity contribution in [2.24, 2.45) is 23.7 Å². The summed E-state index contributed by atoms with van der Waals surface area (Å²) in [4.78, 5) is 16.3. The maximum Gasteiger partial charge on any atom is 0.165 e. The topological polar surface area (TPSA) is 38.7 Å². The van der Waals surface area contributed by atoms with E-state index in [2.05, 4.69) is 140 Å². The van der Waals surface area contributed by atoms with Crippen LogP contribution in [0.25, 0.3) is 96.4 Å². The van der Waals surface area contributed by atoms with Crippen molar-refractivity contribution in [3.63, 3.8) is 0 Å². The fourth-order valence-electron chi connectivity index (χ4n) is 12.7. The molecule has 3 aromatic heterocycles. The van der Waals surface area contributed by atoms with E-state index in [-0.39, 0.29) is 5.41 Å². The summed E-state index contributed by atoms with van der Waals surface area (Å²) in [5, 5.41) is 7.66. The van der Waals surface area contributed by atoms with Crippen LogP contribution in [0.5, 0.6) is 0 Å². The molecule has 0 saturated heterocycles. The molecule has 0 radical (unpaired) electrons. The third-order valence-electron chi connectivity index (χ3n) is 14.7. The highest BCUT2D eigenvalue weighted by atomic mass is 32.1. The van der Waals surface area contributed by atoms with Gasteiger partial charge in [0.05, 0.1) is 0 Å². The van der Waals surface area contributed by atoms with Crippen molar-refractivity contribution in [2.75, 3.05) is 0 Å². The number of nitrogens with zero attached hydrogens (tertiary/aromatic N) is 3. The number of hydrogen-bond acceptors (Lipinski definition) is 5. The number of hydrogen-bond donors (Lipinski definition) is 0. The van der Waals surface area contributed by atoms with Gasteiger partial charge in [-0.15, -0.1) is 22.7 Å². The SMILES string of the molecule is c1ccc2c3c(ccc2c1)C1(c2ccc(-c4nc(-c5cccc6c5sc5ccccc56)nc(-c5cccc6sc7ccccc7c56)n4)cc2-3)C2CC3CC(C2)CC1C3. The van der Waals surface area contributed by atoms with Crippen LogP contribution >= 0.6 is 22.7 Å². The third-order valence-corrected chi connectivity index (χ3v) is 17.1. The summed E-state index contributed by atoms with van der Waals surface area (Å²) in [5.74, 6) is 5.37. The van der Waals surface area contributed by atoms with Gasteiger partial charge in [0.25, 0.3) is 0 Å². The van der Waals surface area contributed by atoms with Crippen LogP contribution in [0.1, 0.15) is 43.2 Å². The highest BCUT2D eigenvalue weighted by Crippen LogP contribution is 2.70. The molecule has 0 N–H and O–H groups in total.